The number of nitrogens with zero attached hydrogens (tertiary/aromatic N) is 3. The Bertz CT molecular complexity index is 923. The number of hydrogen-bond donors (Lipinski definition) is 1. The molecule has 0 radical (unpaired) electrons. The molecule has 134 valence electrons. The minimum atomic E-state index is -0.675. The highest BCUT2D eigenvalue weighted by molar-refractivity contribution is 5.92. The van der Waals surface area contributed by atoms with Crippen LogP contribution in [0, 0.1) is 15.9 Å². The van der Waals surface area contributed by atoms with Crippen LogP contribution in [0.2, 0.25) is 0 Å². The molecule has 0 bridgehead atoms. The summed E-state index contributed by atoms with van der Waals surface area (Å²) >= 11 is 0. The molecule has 0 unspecified atom stereocenters. The second-order valence-corrected chi connectivity index (χ2v) is 5.15. The third kappa shape index (κ3) is 4.04. The van der Waals surface area contributed by atoms with E-state index in [1.165, 1.54) is 23.2 Å². The van der Waals surface area contributed by atoms with Gasteiger partial charge in [-0.05, 0) is 24.3 Å². The first-order valence-electron chi connectivity index (χ1n) is 7.44. The molecule has 1 aromatic carbocycles. The van der Waals surface area contributed by atoms with Crippen molar-refractivity contribution in [2.45, 2.75) is 13.3 Å². The topological polar surface area (TPSA) is 112 Å². The van der Waals surface area contributed by atoms with Crippen molar-refractivity contribution in [1.29, 1.82) is 0 Å². The van der Waals surface area contributed by atoms with Crippen molar-refractivity contribution in [1.82, 2.24) is 15.1 Å². The Kier molecular flexibility index (Phi) is 4.92. The molecule has 1 amide bonds. The first-order valence-corrected chi connectivity index (χ1v) is 7.44. The van der Waals surface area contributed by atoms with Gasteiger partial charge in [0.1, 0.15) is 17.3 Å². The number of halogens is 1. The van der Waals surface area contributed by atoms with Crippen molar-refractivity contribution in [3.8, 4) is 5.75 Å². The lowest BCUT2D eigenvalue weighted by Crippen LogP contribution is -2.23. The monoisotopic (exact) mass is 360 g/mol. The Balaban J connectivity index is 1.61. The Morgan fingerprint density at radius 1 is 1.38 bits per heavy atom. The van der Waals surface area contributed by atoms with Gasteiger partial charge in [0, 0.05) is 18.3 Å². The van der Waals surface area contributed by atoms with E-state index in [1.807, 2.05) is 0 Å². The molecule has 1 N–H and O–H groups in total. The number of carbonyl (C=O) groups excluding carboxylic acids is 1. The predicted molar refractivity (Wildman–Crippen MR) is 85.8 cm³/mol. The molecule has 0 atom stereocenters. The highest BCUT2D eigenvalue weighted by Gasteiger charge is 2.16. The Hall–Kier alpha value is -3.69. The molecule has 2 aromatic heterocycles. The Labute approximate surface area is 146 Å². The molecule has 0 aliphatic rings. The number of nitro groups is 1. The summed E-state index contributed by atoms with van der Waals surface area (Å²) < 4.78 is 24.9. The SMILES string of the molecule is O=C(NCc1ccco1)c1ccn(COc2cc(F)ccc2[N+](=O)[O-])n1. The molecule has 3 aromatic rings. The lowest BCUT2D eigenvalue weighted by atomic mass is 10.3. The summed E-state index contributed by atoms with van der Waals surface area (Å²) in [6.45, 7) is -0.0135. The van der Waals surface area contributed by atoms with Crippen molar-refractivity contribution in [3.63, 3.8) is 0 Å². The molecule has 10 heteroatoms. The predicted octanol–water partition coefficient (Wildman–Crippen LogP) is 2.49. The van der Waals surface area contributed by atoms with Gasteiger partial charge in [-0.1, -0.05) is 0 Å². The Morgan fingerprint density at radius 2 is 2.23 bits per heavy atom. The van der Waals surface area contributed by atoms with E-state index >= 15 is 0 Å². The van der Waals surface area contributed by atoms with Crippen LogP contribution in [0.25, 0.3) is 0 Å². The lowest BCUT2D eigenvalue weighted by molar-refractivity contribution is -0.386. The van der Waals surface area contributed by atoms with E-state index in [0.717, 1.165) is 18.2 Å². The molecule has 0 aliphatic carbocycles. The molecule has 0 saturated carbocycles. The van der Waals surface area contributed by atoms with Crippen LogP contribution in [0.4, 0.5) is 10.1 Å². The summed E-state index contributed by atoms with van der Waals surface area (Å²) in [4.78, 5) is 22.3. The summed E-state index contributed by atoms with van der Waals surface area (Å²) in [7, 11) is 0. The summed E-state index contributed by atoms with van der Waals surface area (Å²) in [5.74, 6) is -0.713. The van der Waals surface area contributed by atoms with Gasteiger partial charge in [-0.3, -0.25) is 14.9 Å². The number of amides is 1. The van der Waals surface area contributed by atoms with Crippen LogP contribution in [0.15, 0.2) is 53.3 Å². The maximum Gasteiger partial charge on any atom is 0.311 e. The second kappa shape index (κ2) is 7.47. The van der Waals surface area contributed by atoms with E-state index in [1.54, 1.807) is 12.1 Å². The molecular formula is C16H13FN4O5. The van der Waals surface area contributed by atoms with E-state index < -0.39 is 16.6 Å². The fourth-order valence-corrected chi connectivity index (χ4v) is 2.12. The quantitative estimate of drug-likeness (QED) is 0.512. The smallest absolute Gasteiger partial charge is 0.311 e. The fourth-order valence-electron chi connectivity index (χ4n) is 2.12. The third-order valence-corrected chi connectivity index (χ3v) is 3.35. The van der Waals surface area contributed by atoms with Crippen LogP contribution in [-0.4, -0.2) is 20.6 Å². The van der Waals surface area contributed by atoms with Gasteiger partial charge in [-0.15, -0.1) is 0 Å². The molecule has 0 fully saturated rings. The van der Waals surface area contributed by atoms with Gasteiger partial charge in [-0.2, -0.15) is 5.10 Å². The van der Waals surface area contributed by atoms with E-state index in [4.69, 9.17) is 9.15 Å². The number of hydrogen-bond acceptors (Lipinski definition) is 6. The molecule has 0 saturated heterocycles. The summed E-state index contributed by atoms with van der Waals surface area (Å²) in [6.07, 6.45) is 2.96. The van der Waals surface area contributed by atoms with E-state index in [-0.39, 0.29) is 30.4 Å². The minimum absolute atomic E-state index is 0.133. The van der Waals surface area contributed by atoms with E-state index in [2.05, 4.69) is 10.4 Å². The second-order valence-electron chi connectivity index (χ2n) is 5.15. The van der Waals surface area contributed by atoms with E-state index in [0.29, 0.717) is 5.76 Å². The molecule has 0 aliphatic heterocycles. The zero-order valence-electron chi connectivity index (χ0n) is 13.3. The van der Waals surface area contributed by atoms with Gasteiger partial charge in [0.2, 0.25) is 5.75 Å². The van der Waals surface area contributed by atoms with Crippen LogP contribution in [0.1, 0.15) is 16.2 Å². The average Bonchev–Trinajstić information content (AvgIpc) is 3.29. The largest absolute Gasteiger partial charge is 0.467 e. The highest BCUT2D eigenvalue weighted by Crippen LogP contribution is 2.27. The van der Waals surface area contributed by atoms with Crippen LogP contribution in [0.3, 0.4) is 0 Å². The number of aromatic nitrogens is 2. The van der Waals surface area contributed by atoms with Crippen LogP contribution >= 0.6 is 0 Å². The molecule has 2 heterocycles. The van der Waals surface area contributed by atoms with Crippen LogP contribution in [-0.2, 0) is 13.3 Å². The van der Waals surface area contributed by atoms with Gasteiger partial charge < -0.3 is 14.5 Å². The third-order valence-electron chi connectivity index (χ3n) is 3.35. The van der Waals surface area contributed by atoms with Gasteiger partial charge in [0.25, 0.3) is 5.91 Å². The number of furan rings is 1. The summed E-state index contributed by atoms with van der Waals surface area (Å²) in [5.41, 5.74) is -0.233. The number of carbonyl (C=O) groups is 1. The maximum absolute atomic E-state index is 13.3. The first-order chi connectivity index (χ1) is 12.5. The van der Waals surface area contributed by atoms with Crippen molar-refractivity contribution in [2.75, 3.05) is 0 Å². The highest BCUT2D eigenvalue weighted by atomic mass is 19.1. The van der Waals surface area contributed by atoms with Gasteiger partial charge >= 0.3 is 5.69 Å². The van der Waals surface area contributed by atoms with E-state index in [9.17, 15) is 19.3 Å². The maximum atomic E-state index is 13.3. The fraction of sp³-hybridized carbons (Fsp3) is 0.125. The minimum Gasteiger partial charge on any atom is -0.467 e. The number of nitrogens with one attached hydrogen (secondary N) is 1. The lowest BCUT2D eigenvalue weighted by Gasteiger charge is -2.07. The van der Waals surface area contributed by atoms with Crippen molar-refractivity contribution in [2.24, 2.45) is 0 Å². The molecule has 3 rings (SSSR count). The van der Waals surface area contributed by atoms with Crippen LogP contribution < -0.4 is 10.1 Å². The van der Waals surface area contributed by atoms with Crippen LogP contribution in [0.5, 0.6) is 5.75 Å². The van der Waals surface area contributed by atoms with Gasteiger partial charge in [0.15, 0.2) is 6.73 Å². The summed E-state index contributed by atoms with van der Waals surface area (Å²) in [6, 6.07) is 7.79. The Morgan fingerprint density at radius 3 is 2.96 bits per heavy atom. The first kappa shape index (κ1) is 17.1. The normalized spacial score (nSPS) is 10.5. The van der Waals surface area contributed by atoms with Crippen molar-refractivity contribution < 1.29 is 23.3 Å². The number of rotatable bonds is 7. The molecular weight excluding hydrogens is 347 g/mol. The zero-order valence-corrected chi connectivity index (χ0v) is 13.3. The van der Waals surface area contributed by atoms with Gasteiger partial charge in [0.05, 0.1) is 17.7 Å². The number of ether oxygens (including phenoxy) is 1. The average molecular weight is 360 g/mol. The van der Waals surface area contributed by atoms with Gasteiger partial charge in [-0.25, -0.2) is 9.07 Å². The zero-order chi connectivity index (χ0) is 18.5. The summed E-state index contributed by atoms with van der Waals surface area (Å²) in [5, 5.41) is 17.6. The number of nitro benzene ring substituents is 1. The molecule has 0 spiro atoms. The van der Waals surface area contributed by atoms with Crippen molar-refractivity contribution >= 4 is 11.6 Å². The van der Waals surface area contributed by atoms with Crippen molar-refractivity contribution in [3.05, 3.63) is 76.2 Å². The number of benzene rings is 1. The molecule has 26 heavy (non-hydrogen) atoms. The standard InChI is InChI=1S/C16H13FN4O5/c17-11-3-4-14(21(23)24)15(8-11)26-10-20-6-5-13(19-20)16(22)18-9-12-2-1-7-25-12/h1-8H,9-10H2,(H,18,22). The molecule has 9 nitrogen and oxygen atoms in total.